The zero-order valence-corrected chi connectivity index (χ0v) is 13.1. The van der Waals surface area contributed by atoms with Crippen molar-refractivity contribution in [3.05, 3.63) is 28.3 Å². The van der Waals surface area contributed by atoms with Gasteiger partial charge in [0, 0.05) is 13.3 Å². The van der Waals surface area contributed by atoms with Gasteiger partial charge in [0.2, 0.25) is 0 Å². The molecular formula is C16H22ClNO2. The normalized spacial score (nSPS) is 17.4. The van der Waals surface area contributed by atoms with Crippen LogP contribution in [0.3, 0.4) is 0 Å². The molecule has 3 nitrogen and oxygen atoms in total. The minimum atomic E-state index is 0.371. The van der Waals surface area contributed by atoms with E-state index in [9.17, 15) is 0 Å². The van der Waals surface area contributed by atoms with Gasteiger partial charge in [-0.3, -0.25) is 4.99 Å². The van der Waals surface area contributed by atoms with Crippen LogP contribution >= 0.6 is 11.6 Å². The SMILES string of the molecule is COCCOc1cc2c(cc1Cl)C=N[C@@H](CC(C)C)C2. The van der Waals surface area contributed by atoms with Crippen LogP contribution in [0.25, 0.3) is 0 Å². The summed E-state index contributed by atoms with van der Waals surface area (Å²) in [6.07, 6.45) is 4.01. The number of hydrogen-bond donors (Lipinski definition) is 0. The number of halogens is 1. The molecule has 0 aromatic heterocycles. The van der Waals surface area contributed by atoms with Crippen LogP contribution in [-0.4, -0.2) is 32.6 Å². The molecule has 0 unspecified atom stereocenters. The third-order valence-electron chi connectivity index (χ3n) is 3.36. The summed E-state index contributed by atoms with van der Waals surface area (Å²) < 4.78 is 10.6. The van der Waals surface area contributed by atoms with Gasteiger partial charge in [-0.25, -0.2) is 0 Å². The van der Waals surface area contributed by atoms with Crippen LogP contribution in [0.5, 0.6) is 5.75 Å². The zero-order valence-electron chi connectivity index (χ0n) is 12.4. The van der Waals surface area contributed by atoms with Crippen molar-refractivity contribution in [2.75, 3.05) is 20.3 Å². The summed E-state index contributed by atoms with van der Waals surface area (Å²) in [5.74, 6) is 1.39. The average Bonchev–Trinajstić information content (AvgIpc) is 2.39. The van der Waals surface area contributed by atoms with Crippen LogP contribution in [0, 0.1) is 5.92 Å². The van der Waals surface area contributed by atoms with Gasteiger partial charge in [0.1, 0.15) is 12.4 Å². The number of rotatable bonds is 6. The second-order valence-electron chi connectivity index (χ2n) is 5.59. The molecule has 0 radical (unpaired) electrons. The summed E-state index contributed by atoms with van der Waals surface area (Å²) in [6, 6.07) is 4.36. The van der Waals surface area contributed by atoms with Gasteiger partial charge in [0.15, 0.2) is 0 Å². The molecule has 1 aromatic rings. The second kappa shape index (κ2) is 7.09. The van der Waals surface area contributed by atoms with E-state index in [1.54, 1.807) is 7.11 Å². The van der Waals surface area contributed by atoms with E-state index in [2.05, 4.69) is 18.8 Å². The maximum Gasteiger partial charge on any atom is 0.138 e. The van der Waals surface area contributed by atoms with Crippen molar-refractivity contribution in [2.45, 2.75) is 32.7 Å². The molecule has 1 aliphatic rings. The van der Waals surface area contributed by atoms with Crippen molar-refractivity contribution in [1.82, 2.24) is 0 Å². The molecule has 1 aliphatic heterocycles. The average molecular weight is 296 g/mol. The van der Waals surface area contributed by atoms with Gasteiger partial charge in [-0.15, -0.1) is 0 Å². The third kappa shape index (κ3) is 3.97. The number of fused-ring (bicyclic) bond motifs is 1. The predicted molar refractivity (Wildman–Crippen MR) is 83.4 cm³/mol. The quantitative estimate of drug-likeness (QED) is 0.748. The molecule has 1 atom stereocenters. The van der Waals surface area contributed by atoms with Gasteiger partial charge in [-0.05, 0) is 42.0 Å². The minimum Gasteiger partial charge on any atom is -0.490 e. The maximum atomic E-state index is 6.23. The molecule has 2 rings (SSSR count). The Morgan fingerprint density at radius 3 is 2.85 bits per heavy atom. The lowest BCUT2D eigenvalue weighted by Crippen LogP contribution is -2.17. The van der Waals surface area contributed by atoms with Gasteiger partial charge in [0.25, 0.3) is 0 Å². The monoisotopic (exact) mass is 295 g/mol. The highest BCUT2D eigenvalue weighted by Crippen LogP contribution is 2.31. The molecule has 1 heterocycles. The number of benzene rings is 1. The lowest BCUT2D eigenvalue weighted by atomic mass is 9.93. The van der Waals surface area contributed by atoms with Gasteiger partial charge in [-0.2, -0.15) is 0 Å². The van der Waals surface area contributed by atoms with E-state index in [0.29, 0.717) is 30.2 Å². The number of aliphatic imine (C=N–C) groups is 1. The first-order valence-electron chi connectivity index (χ1n) is 7.07. The van der Waals surface area contributed by atoms with Crippen LogP contribution < -0.4 is 4.74 Å². The van der Waals surface area contributed by atoms with Crippen LogP contribution in [0.15, 0.2) is 17.1 Å². The third-order valence-corrected chi connectivity index (χ3v) is 3.66. The number of methoxy groups -OCH3 is 1. The number of nitrogens with zero attached hydrogens (tertiary/aromatic N) is 1. The van der Waals surface area contributed by atoms with Gasteiger partial charge >= 0.3 is 0 Å². The number of hydrogen-bond acceptors (Lipinski definition) is 3. The van der Waals surface area contributed by atoms with Gasteiger partial charge < -0.3 is 9.47 Å². The Morgan fingerprint density at radius 1 is 1.35 bits per heavy atom. The first-order chi connectivity index (χ1) is 9.60. The van der Waals surface area contributed by atoms with E-state index >= 15 is 0 Å². The Balaban J connectivity index is 2.11. The molecule has 0 saturated heterocycles. The topological polar surface area (TPSA) is 30.8 Å². The zero-order chi connectivity index (χ0) is 14.5. The molecule has 0 aliphatic carbocycles. The van der Waals surface area contributed by atoms with Crippen molar-refractivity contribution in [1.29, 1.82) is 0 Å². The second-order valence-corrected chi connectivity index (χ2v) is 6.00. The highest BCUT2D eigenvalue weighted by atomic mass is 35.5. The van der Waals surface area contributed by atoms with E-state index in [0.717, 1.165) is 24.2 Å². The van der Waals surface area contributed by atoms with Crippen molar-refractivity contribution >= 4 is 17.8 Å². The molecule has 1 aromatic carbocycles. The van der Waals surface area contributed by atoms with E-state index in [-0.39, 0.29) is 0 Å². The van der Waals surface area contributed by atoms with Crippen LogP contribution in [0.4, 0.5) is 0 Å². The Hall–Kier alpha value is -1.06. The smallest absolute Gasteiger partial charge is 0.138 e. The molecule has 4 heteroatoms. The fourth-order valence-corrected chi connectivity index (χ4v) is 2.66. The summed E-state index contributed by atoms with van der Waals surface area (Å²) in [5.41, 5.74) is 2.37. The summed E-state index contributed by atoms with van der Waals surface area (Å²) in [4.78, 5) is 4.61. The maximum absolute atomic E-state index is 6.23. The van der Waals surface area contributed by atoms with Crippen molar-refractivity contribution in [3.63, 3.8) is 0 Å². The molecule has 0 bridgehead atoms. The molecule has 20 heavy (non-hydrogen) atoms. The highest BCUT2D eigenvalue weighted by molar-refractivity contribution is 6.32. The summed E-state index contributed by atoms with van der Waals surface area (Å²) in [6.45, 7) is 5.53. The number of ether oxygens (including phenoxy) is 2. The Bertz CT molecular complexity index is 486. The van der Waals surface area contributed by atoms with Crippen LogP contribution in [0.1, 0.15) is 31.4 Å². The molecule has 110 valence electrons. The van der Waals surface area contributed by atoms with Gasteiger partial charge in [-0.1, -0.05) is 25.4 Å². The summed E-state index contributed by atoms with van der Waals surface area (Å²) in [7, 11) is 1.66. The lowest BCUT2D eigenvalue weighted by molar-refractivity contribution is 0.146. The standard InChI is InChI=1S/C16H22ClNO2/c1-11(2)6-14-7-12-9-16(20-5-4-19-3)15(17)8-13(12)10-18-14/h8-11,14H,4-7H2,1-3H3/t14-/m0/s1. The van der Waals surface area contributed by atoms with E-state index < -0.39 is 0 Å². The first kappa shape index (κ1) is 15.3. The van der Waals surface area contributed by atoms with E-state index in [1.807, 2.05) is 18.3 Å². The van der Waals surface area contributed by atoms with Crippen LogP contribution in [-0.2, 0) is 11.2 Å². The lowest BCUT2D eigenvalue weighted by Gasteiger charge is -2.21. The molecule has 0 saturated carbocycles. The molecule has 0 spiro atoms. The Kier molecular flexibility index (Phi) is 5.44. The predicted octanol–water partition coefficient (Wildman–Crippen LogP) is 3.75. The summed E-state index contributed by atoms with van der Waals surface area (Å²) >= 11 is 6.23. The molecule has 0 N–H and O–H groups in total. The highest BCUT2D eigenvalue weighted by Gasteiger charge is 2.18. The van der Waals surface area contributed by atoms with Crippen molar-refractivity contribution in [2.24, 2.45) is 10.9 Å². The Morgan fingerprint density at radius 2 is 2.15 bits per heavy atom. The van der Waals surface area contributed by atoms with Crippen LogP contribution in [0.2, 0.25) is 5.02 Å². The minimum absolute atomic E-state index is 0.371. The van der Waals surface area contributed by atoms with Gasteiger partial charge in [0.05, 0.1) is 17.7 Å². The van der Waals surface area contributed by atoms with E-state index in [1.165, 1.54) is 5.56 Å². The van der Waals surface area contributed by atoms with Crippen molar-refractivity contribution < 1.29 is 9.47 Å². The Labute approximate surface area is 126 Å². The summed E-state index contributed by atoms with van der Waals surface area (Å²) in [5, 5.41) is 0.633. The fourth-order valence-electron chi connectivity index (χ4n) is 2.43. The first-order valence-corrected chi connectivity index (χ1v) is 7.45. The van der Waals surface area contributed by atoms with E-state index in [4.69, 9.17) is 21.1 Å². The largest absolute Gasteiger partial charge is 0.490 e. The molecular weight excluding hydrogens is 274 g/mol. The molecule has 0 amide bonds. The van der Waals surface area contributed by atoms with Crippen molar-refractivity contribution in [3.8, 4) is 5.75 Å². The fraction of sp³-hybridized carbons (Fsp3) is 0.562. The molecule has 0 fully saturated rings.